The first-order valence-corrected chi connectivity index (χ1v) is 10.7. The van der Waals surface area contributed by atoms with Crippen LogP contribution in [0.4, 0.5) is 0 Å². The van der Waals surface area contributed by atoms with Crippen LogP contribution < -0.4 is 21.7 Å². The van der Waals surface area contributed by atoms with E-state index in [9.17, 15) is 4.79 Å². The summed E-state index contributed by atoms with van der Waals surface area (Å²) in [5, 5.41) is 10.9. The van der Waals surface area contributed by atoms with E-state index >= 15 is 0 Å². The van der Waals surface area contributed by atoms with Gasteiger partial charge in [-0.15, -0.1) is 0 Å². The molecule has 32 heavy (non-hydrogen) atoms. The number of primary amides is 1. The number of benzene rings is 1. The standard InChI is InChI=1S/C25H26N6O/c1-16-15-31-19(11-7-12-20(31)22(26)32)21(16)25-29-23-18(10-5-6-13-27-23)24(30-25)28-14-17-8-3-2-4-9-17/h2-9,11-13,15,24-25,28-30H,10,14H2,1H3,(H2,26,32). The van der Waals surface area contributed by atoms with Crippen molar-refractivity contribution in [3.8, 4) is 0 Å². The maximum absolute atomic E-state index is 11.9. The Morgan fingerprint density at radius 1 is 1.22 bits per heavy atom. The molecule has 7 heteroatoms. The van der Waals surface area contributed by atoms with Crippen molar-refractivity contribution in [1.82, 2.24) is 20.4 Å². The molecule has 2 aliphatic heterocycles. The van der Waals surface area contributed by atoms with E-state index in [2.05, 4.69) is 39.2 Å². The lowest BCUT2D eigenvalue weighted by Crippen LogP contribution is -2.53. The number of pyridine rings is 1. The topological polar surface area (TPSA) is 96.0 Å². The number of aryl methyl sites for hydroxylation is 1. The smallest absolute Gasteiger partial charge is 0.265 e. The van der Waals surface area contributed by atoms with Crippen LogP contribution in [0.1, 0.15) is 39.8 Å². The van der Waals surface area contributed by atoms with Crippen LogP contribution in [-0.4, -0.2) is 22.7 Å². The summed E-state index contributed by atoms with van der Waals surface area (Å²) in [7, 11) is 0. The summed E-state index contributed by atoms with van der Waals surface area (Å²) in [5.41, 5.74) is 11.5. The summed E-state index contributed by atoms with van der Waals surface area (Å²) >= 11 is 0. The quantitative estimate of drug-likeness (QED) is 0.504. The fourth-order valence-electron chi connectivity index (χ4n) is 4.46. The Hall–Kier alpha value is -3.68. The van der Waals surface area contributed by atoms with E-state index in [0.29, 0.717) is 5.69 Å². The van der Waals surface area contributed by atoms with Gasteiger partial charge in [-0.1, -0.05) is 42.5 Å². The van der Waals surface area contributed by atoms with Crippen molar-refractivity contribution in [2.24, 2.45) is 10.7 Å². The number of nitrogens with zero attached hydrogens (tertiary/aromatic N) is 2. The number of hydrogen-bond acceptors (Lipinski definition) is 5. The molecule has 0 spiro atoms. The maximum atomic E-state index is 11.9. The number of fused-ring (bicyclic) bond motifs is 1. The van der Waals surface area contributed by atoms with Crippen molar-refractivity contribution >= 4 is 17.6 Å². The van der Waals surface area contributed by atoms with Crippen LogP contribution in [0.5, 0.6) is 0 Å². The molecule has 2 unspecified atom stereocenters. The maximum Gasteiger partial charge on any atom is 0.265 e. The monoisotopic (exact) mass is 426 g/mol. The Balaban J connectivity index is 1.52. The van der Waals surface area contributed by atoms with Crippen molar-refractivity contribution in [2.45, 2.75) is 32.2 Å². The minimum atomic E-state index is -0.450. The molecule has 1 amide bonds. The minimum absolute atomic E-state index is 0.0648. The molecule has 0 saturated heterocycles. The Labute approximate surface area is 186 Å². The van der Waals surface area contributed by atoms with E-state index in [-0.39, 0.29) is 12.3 Å². The van der Waals surface area contributed by atoms with Gasteiger partial charge in [-0.2, -0.15) is 0 Å². The Kier molecular flexibility index (Phi) is 5.34. The molecular weight excluding hydrogens is 400 g/mol. The molecule has 0 radical (unpaired) electrons. The Morgan fingerprint density at radius 2 is 2.06 bits per heavy atom. The highest BCUT2D eigenvalue weighted by atomic mass is 16.1. The van der Waals surface area contributed by atoms with E-state index in [1.807, 2.05) is 60.1 Å². The van der Waals surface area contributed by atoms with Gasteiger partial charge in [0, 0.05) is 30.1 Å². The predicted octanol–water partition coefficient (Wildman–Crippen LogP) is 2.90. The lowest BCUT2D eigenvalue weighted by Gasteiger charge is -2.36. The molecule has 4 heterocycles. The number of nitrogens with one attached hydrogen (secondary N) is 3. The summed E-state index contributed by atoms with van der Waals surface area (Å²) in [4.78, 5) is 16.6. The predicted molar refractivity (Wildman–Crippen MR) is 126 cm³/mol. The molecule has 5 rings (SSSR count). The van der Waals surface area contributed by atoms with E-state index in [4.69, 9.17) is 5.73 Å². The Bertz CT molecular complexity index is 1250. The largest absolute Gasteiger partial charge is 0.364 e. The normalized spacial score (nSPS) is 20.2. The molecule has 0 fully saturated rings. The molecule has 2 aromatic heterocycles. The molecule has 1 aromatic carbocycles. The van der Waals surface area contributed by atoms with Crippen molar-refractivity contribution in [2.75, 3.05) is 0 Å². The second kappa shape index (κ2) is 8.45. The second-order valence-electron chi connectivity index (χ2n) is 8.08. The zero-order valence-corrected chi connectivity index (χ0v) is 17.9. The number of aliphatic imine (C=N–C) groups is 1. The average molecular weight is 427 g/mol. The molecule has 7 nitrogen and oxygen atoms in total. The third kappa shape index (κ3) is 3.72. The summed E-state index contributed by atoms with van der Waals surface area (Å²) in [6.07, 6.45) is 8.42. The van der Waals surface area contributed by atoms with Gasteiger partial charge in [0.05, 0.1) is 11.7 Å². The lowest BCUT2D eigenvalue weighted by atomic mass is 10.0. The van der Waals surface area contributed by atoms with Gasteiger partial charge in [0.2, 0.25) is 0 Å². The molecule has 2 aliphatic rings. The molecule has 3 aromatic rings. The van der Waals surface area contributed by atoms with Crippen LogP contribution in [0, 0.1) is 6.92 Å². The fourth-order valence-corrected chi connectivity index (χ4v) is 4.46. The number of carbonyl (C=O) groups excluding carboxylic acids is 1. The van der Waals surface area contributed by atoms with Gasteiger partial charge in [-0.3, -0.25) is 15.4 Å². The highest BCUT2D eigenvalue weighted by Crippen LogP contribution is 2.30. The Morgan fingerprint density at radius 3 is 2.88 bits per heavy atom. The SMILES string of the molecule is Cc1cn2c(C(N)=O)cccc2c1C1NC2=C(CC=CC=N2)C(NCc2ccccc2)N1. The highest BCUT2D eigenvalue weighted by Gasteiger charge is 2.31. The summed E-state index contributed by atoms with van der Waals surface area (Å²) < 4.78 is 1.87. The molecule has 0 saturated carbocycles. The molecule has 0 bridgehead atoms. The van der Waals surface area contributed by atoms with Gasteiger partial charge in [-0.05, 0) is 42.7 Å². The third-order valence-electron chi connectivity index (χ3n) is 5.98. The number of allylic oxidation sites excluding steroid dienone is 2. The first kappa shape index (κ1) is 20.2. The third-order valence-corrected chi connectivity index (χ3v) is 5.98. The molecule has 2 atom stereocenters. The zero-order valence-electron chi connectivity index (χ0n) is 17.9. The first-order chi connectivity index (χ1) is 15.6. The minimum Gasteiger partial charge on any atom is -0.364 e. The average Bonchev–Trinajstić information content (AvgIpc) is 2.96. The van der Waals surface area contributed by atoms with Crippen LogP contribution in [-0.2, 0) is 6.54 Å². The number of nitrogens with two attached hydrogens (primary N) is 1. The van der Waals surface area contributed by atoms with Crippen LogP contribution in [0.15, 0.2) is 83.3 Å². The van der Waals surface area contributed by atoms with E-state index in [1.165, 1.54) is 11.1 Å². The number of carbonyl (C=O) groups is 1. The first-order valence-electron chi connectivity index (χ1n) is 10.7. The van der Waals surface area contributed by atoms with Crippen LogP contribution in [0.25, 0.3) is 5.52 Å². The summed E-state index contributed by atoms with van der Waals surface area (Å²) in [6, 6.07) is 16.0. The number of hydrogen-bond donors (Lipinski definition) is 4. The molecule has 0 aliphatic carbocycles. The number of amides is 1. The van der Waals surface area contributed by atoms with Gasteiger partial charge in [0.1, 0.15) is 17.7 Å². The van der Waals surface area contributed by atoms with Gasteiger partial charge in [-0.25, -0.2) is 4.99 Å². The summed E-state index contributed by atoms with van der Waals surface area (Å²) in [5.74, 6) is 0.419. The highest BCUT2D eigenvalue weighted by molar-refractivity contribution is 5.92. The molecule has 5 N–H and O–H groups in total. The van der Waals surface area contributed by atoms with Crippen LogP contribution in [0.2, 0.25) is 0 Å². The van der Waals surface area contributed by atoms with Crippen molar-refractivity contribution in [1.29, 1.82) is 0 Å². The van der Waals surface area contributed by atoms with Crippen molar-refractivity contribution in [3.05, 3.63) is 101 Å². The fraction of sp³-hybridized carbons (Fsp3) is 0.200. The van der Waals surface area contributed by atoms with E-state index in [0.717, 1.165) is 35.4 Å². The van der Waals surface area contributed by atoms with Gasteiger partial charge < -0.3 is 15.5 Å². The van der Waals surface area contributed by atoms with Crippen LogP contribution >= 0.6 is 0 Å². The molecular formula is C25H26N6O. The van der Waals surface area contributed by atoms with E-state index in [1.54, 1.807) is 6.07 Å². The van der Waals surface area contributed by atoms with Gasteiger partial charge >= 0.3 is 0 Å². The summed E-state index contributed by atoms with van der Waals surface area (Å²) in [6.45, 7) is 2.78. The number of rotatable bonds is 5. The van der Waals surface area contributed by atoms with E-state index < -0.39 is 5.91 Å². The molecule has 162 valence electrons. The second-order valence-corrected chi connectivity index (χ2v) is 8.08. The lowest BCUT2D eigenvalue weighted by molar-refractivity contribution is 0.0994. The number of aromatic nitrogens is 1. The van der Waals surface area contributed by atoms with Crippen molar-refractivity contribution in [3.63, 3.8) is 0 Å². The van der Waals surface area contributed by atoms with Gasteiger partial charge in [0.25, 0.3) is 5.91 Å². The van der Waals surface area contributed by atoms with Gasteiger partial charge in [0.15, 0.2) is 0 Å². The van der Waals surface area contributed by atoms with Crippen molar-refractivity contribution < 1.29 is 4.79 Å². The van der Waals surface area contributed by atoms with Crippen LogP contribution in [0.3, 0.4) is 0 Å². The zero-order chi connectivity index (χ0) is 22.1.